The summed E-state index contributed by atoms with van der Waals surface area (Å²) < 4.78 is 5.63. The molecule has 0 bridgehead atoms. The van der Waals surface area contributed by atoms with E-state index in [2.05, 4.69) is 29.2 Å². The Bertz CT molecular complexity index is 219. The second-order valence-electron chi connectivity index (χ2n) is 5.64. The molecule has 2 rings (SSSR count). The average Bonchev–Trinajstić information content (AvgIpc) is 2.97. The Morgan fingerprint density at radius 3 is 2.71 bits per heavy atom. The van der Waals surface area contributed by atoms with Crippen LogP contribution in [0.2, 0.25) is 0 Å². The third-order valence-corrected chi connectivity index (χ3v) is 3.56. The summed E-state index contributed by atoms with van der Waals surface area (Å²) in [4.78, 5) is 4.68. The first kappa shape index (κ1) is 13.3. The minimum Gasteiger partial charge on any atom is -0.379 e. The Morgan fingerprint density at radius 1 is 1.18 bits per heavy atom. The van der Waals surface area contributed by atoms with E-state index in [4.69, 9.17) is 4.74 Å². The average molecular weight is 241 g/mol. The fourth-order valence-electron chi connectivity index (χ4n) is 2.30. The van der Waals surface area contributed by atoms with Gasteiger partial charge in [-0.25, -0.2) is 0 Å². The van der Waals surface area contributed by atoms with Crippen LogP contribution in [0.5, 0.6) is 0 Å². The summed E-state index contributed by atoms with van der Waals surface area (Å²) in [5.74, 6) is 0. The van der Waals surface area contributed by atoms with Gasteiger partial charge in [-0.1, -0.05) is 0 Å². The summed E-state index contributed by atoms with van der Waals surface area (Å²) >= 11 is 0. The van der Waals surface area contributed by atoms with Gasteiger partial charge >= 0.3 is 0 Å². The molecule has 17 heavy (non-hydrogen) atoms. The van der Waals surface area contributed by atoms with Crippen LogP contribution in [-0.4, -0.2) is 75.4 Å². The Hall–Kier alpha value is -0.160. The molecule has 100 valence electrons. The molecule has 1 unspecified atom stereocenters. The molecule has 0 aromatic heterocycles. The van der Waals surface area contributed by atoms with Gasteiger partial charge in [-0.15, -0.1) is 0 Å². The van der Waals surface area contributed by atoms with Crippen LogP contribution in [-0.2, 0) is 4.74 Å². The Balaban J connectivity index is 1.46. The van der Waals surface area contributed by atoms with Gasteiger partial charge in [0.1, 0.15) is 0 Å². The zero-order valence-corrected chi connectivity index (χ0v) is 11.3. The molecule has 1 aliphatic heterocycles. The molecule has 4 nitrogen and oxygen atoms in total. The highest BCUT2D eigenvalue weighted by Crippen LogP contribution is 2.21. The maximum absolute atomic E-state index is 5.63. The summed E-state index contributed by atoms with van der Waals surface area (Å²) in [6.45, 7) is 6.30. The number of rotatable bonds is 8. The molecular formula is C13H27N3O. The highest BCUT2D eigenvalue weighted by Gasteiger charge is 2.28. The highest BCUT2D eigenvalue weighted by molar-refractivity contribution is 4.89. The first-order chi connectivity index (χ1) is 8.24. The Labute approximate surface area is 105 Å². The maximum atomic E-state index is 5.63. The molecule has 0 spiro atoms. The quantitative estimate of drug-likeness (QED) is 0.622. The number of nitrogens with one attached hydrogen (secondary N) is 1. The van der Waals surface area contributed by atoms with Crippen molar-refractivity contribution in [2.75, 3.05) is 53.5 Å². The predicted molar refractivity (Wildman–Crippen MR) is 70.4 cm³/mol. The number of hydrogen-bond acceptors (Lipinski definition) is 4. The van der Waals surface area contributed by atoms with Crippen LogP contribution in [0.25, 0.3) is 0 Å². The van der Waals surface area contributed by atoms with Crippen molar-refractivity contribution in [3.8, 4) is 0 Å². The van der Waals surface area contributed by atoms with Gasteiger partial charge in [-0.2, -0.15) is 0 Å². The molecule has 0 aromatic carbocycles. The van der Waals surface area contributed by atoms with Gasteiger partial charge in [0.25, 0.3) is 0 Å². The Morgan fingerprint density at radius 2 is 2.00 bits per heavy atom. The second kappa shape index (κ2) is 6.69. The van der Waals surface area contributed by atoms with Crippen LogP contribution in [0, 0.1) is 0 Å². The predicted octanol–water partition coefficient (Wildman–Crippen LogP) is 0.391. The monoisotopic (exact) mass is 241 g/mol. The van der Waals surface area contributed by atoms with E-state index in [9.17, 15) is 0 Å². The van der Waals surface area contributed by atoms with Crippen molar-refractivity contribution >= 4 is 0 Å². The van der Waals surface area contributed by atoms with E-state index >= 15 is 0 Å². The zero-order chi connectivity index (χ0) is 12.1. The molecular weight excluding hydrogens is 214 g/mol. The lowest BCUT2D eigenvalue weighted by atomic mass is 10.2. The van der Waals surface area contributed by atoms with E-state index in [1.807, 2.05) is 0 Å². The molecule has 0 aromatic rings. The molecule has 1 saturated heterocycles. The largest absolute Gasteiger partial charge is 0.379 e. The lowest BCUT2D eigenvalue weighted by Crippen LogP contribution is -2.35. The van der Waals surface area contributed by atoms with E-state index in [-0.39, 0.29) is 0 Å². The van der Waals surface area contributed by atoms with Gasteiger partial charge in [0, 0.05) is 31.7 Å². The van der Waals surface area contributed by atoms with E-state index < -0.39 is 0 Å². The normalized spacial score (nSPS) is 25.9. The SMILES string of the molecule is CN(C)CCOCCN1CCC(NC2CC2)C1. The van der Waals surface area contributed by atoms with Crippen LogP contribution in [0.3, 0.4) is 0 Å². The molecule has 1 saturated carbocycles. The van der Waals surface area contributed by atoms with E-state index in [0.29, 0.717) is 0 Å². The van der Waals surface area contributed by atoms with Crippen LogP contribution in [0.4, 0.5) is 0 Å². The van der Waals surface area contributed by atoms with E-state index in [0.717, 1.165) is 38.4 Å². The zero-order valence-electron chi connectivity index (χ0n) is 11.3. The van der Waals surface area contributed by atoms with Crippen molar-refractivity contribution in [1.29, 1.82) is 0 Å². The van der Waals surface area contributed by atoms with Crippen molar-refractivity contribution in [1.82, 2.24) is 15.1 Å². The molecule has 2 fully saturated rings. The lowest BCUT2D eigenvalue weighted by molar-refractivity contribution is 0.0979. The van der Waals surface area contributed by atoms with Crippen LogP contribution in [0.15, 0.2) is 0 Å². The fourth-order valence-corrected chi connectivity index (χ4v) is 2.30. The molecule has 1 atom stereocenters. The van der Waals surface area contributed by atoms with Gasteiger partial charge in [0.05, 0.1) is 13.2 Å². The van der Waals surface area contributed by atoms with Crippen molar-refractivity contribution in [3.63, 3.8) is 0 Å². The van der Waals surface area contributed by atoms with Crippen molar-refractivity contribution in [2.45, 2.75) is 31.3 Å². The third-order valence-electron chi connectivity index (χ3n) is 3.56. The van der Waals surface area contributed by atoms with Crippen molar-refractivity contribution in [3.05, 3.63) is 0 Å². The summed E-state index contributed by atoms with van der Waals surface area (Å²) in [5, 5.41) is 3.71. The molecule has 1 heterocycles. The lowest BCUT2D eigenvalue weighted by Gasteiger charge is -2.17. The number of hydrogen-bond donors (Lipinski definition) is 1. The van der Waals surface area contributed by atoms with Crippen LogP contribution < -0.4 is 5.32 Å². The first-order valence-corrected chi connectivity index (χ1v) is 6.95. The van der Waals surface area contributed by atoms with Crippen molar-refractivity contribution in [2.24, 2.45) is 0 Å². The topological polar surface area (TPSA) is 27.7 Å². The number of likely N-dealkylation sites (N-methyl/N-ethyl adjacent to an activating group) is 1. The van der Waals surface area contributed by atoms with Crippen LogP contribution >= 0.6 is 0 Å². The standard InChI is InChI=1S/C13H27N3O/c1-15(2)7-9-17-10-8-16-6-5-13(11-16)14-12-3-4-12/h12-14H,3-11H2,1-2H3. The van der Waals surface area contributed by atoms with Gasteiger partial charge in [-0.3, -0.25) is 4.90 Å². The summed E-state index contributed by atoms with van der Waals surface area (Å²) in [5.41, 5.74) is 0. The highest BCUT2D eigenvalue weighted by atomic mass is 16.5. The van der Waals surface area contributed by atoms with Gasteiger partial charge in [0.15, 0.2) is 0 Å². The summed E-state index contributed by atoms with van der Waals surface area (Å²) in [6, 6.07) is 1.58. The van der Waals surface area contributed by atoms with E-state index in [1.165, 1.54) is 32.4 Å². The van der Waals surface area contributed by atoms with Crippen LogP contribution in [0.1, 0.15) is 19.3 Å². The molecule has 1 aliphatic carbocycles. The minimum absolute atomic E-state index is 0.740. The minimum atomic E-state index is 0.740. The molecule has 1 N–H and O–H groups in total. The molecule has 4 heteroatoms. The molecule has 2 aliphatic rings. The smallest absolute Gasteiger partial charge is 0.0594 e. The van der Waals surface area contributed by atoms with Gasteiger partial charge in [0.2, 0.25) is 0 Å². The van der Waals surface area contributed by atoms with Gasteiger partial charge in [-0.05, 0) is 39.9 Å². The number of nitrogens with zero attached hydrogens (tertiary/aromatic N) is 2. The Kier molecular flexibility index (Phi) is 5.22. The first-order valence-electron chi connectivity index (χ1n) is 6.95. The van der Waals surface area contributed by atoms with E-state index in [1.54, 1.807) is 0 Å². The molecule has 0 radical (unpaired) electrons. The summed E-state index contributed by atoms with van der Waals surface area (Å²) in [6.07, 6.45) is 4.10. The van der Waals surface area contributed by atoms with Gasteiger partial charge < -0.3 is 15.0 Å². The number of likely N-dealkylation sites (tertiary alicyclic amines) is 1. The second-order valence-corrected chi connectivity index (χ2v) is 5.64. The summed E-state index contributed by atoms with van der Waals surface area (Å²) in [7, 11) is 4.16. The third kappa shape index (κ3) is 5.34. The van der Waals surface area contributed by atoms with Crippen molar-refractivity contribution < 1.29 is 4.74 Å². The number of ether oxygens (including phenoxy) is 1. The fraction of sp³-hybridized carbons (Fsp3) is 1.00. The maximum Gasteiger partial charge on any atom is 0.0594 e. The molecule has 0 amide bonds.